The van der Waals surface area contributed by atoms with E-state index in [1.165, 1.54) is 6.42 Å². The Morgan fingerprint density at radius 1 is 1.64 bits per heavy atom. The van der Waals surface area contributed by atoms with Gasteiger partial charge in [-0.05, 0) is 19.3 Å². The Morgan fingerprint density at radius 2 is 2.36 bits per heavy atom. The minimum atomic E-state index is -0.990. The molecule has 1 aromatic heterocycles. The molecule has 0 aromatic carbocycles. The number of aromatic carboxylic acids is 1. The third-order valence-electron chi connectivity index (χ3n) is 2.85. The van der Waals surface area contributed by atoms with E-state index in [1.807, 2.05) is 6.92 Å². The molecule has 14 heavy (non-hydrogen) atoms. The van der Waals surface area contributed by atoms with Crippen LogP contribution in [0.1, 0.15) is 53.9 Å². The van der Waals surface area contributed by atoms with Gasteiger partial charge in [0.05, 0.1) is 0 Å². The lowest BCUT2D eigenvalue weighted by Gasteiger charge is -2.23. The Hall–Kier alpha value is -1.32. The first kappa shape index (κ1) is 9.24. The monoisotopic (exact) mass is 195 g/mol. The molecule has 0 bridgehead atoms. The Kier molecular flexibility index (Phi) is 2.27. The van der Waals surface area contributed by atoms with E-state index in [-0.39, 0.29) is 5.69 Å². The summed E-state index contributed by atoms with van der Waals surface area (Å²) in [5.74, 6) is 0.220. The van der Waals surface area contributed by atoms with Gasteiger partial charge in [0.25, 0.3) is 0 Å². The fourth-order valence-electron chi connectivity index (χ4n) is 1.82. The summed E-state index contributed by atoms with van der Waals surface area (Å²) in [6.07, 6.45) is 4.08. The Labute approximate surface area is 81.9 Å². The second-order valence-electron chi connectivity index (χ2n) is 3.66. The van der Waals surface area contributed by atoms with Crippen molar-refractivity contribution in [1.82, 2.24) is 5.16 Å². The van der Waals surface area contributed by atoms with E-state index < -0.39 is 5.97 Å². The largest absolute Gasteiger partial charge is 0.476 e. The zero-order valence-electron chi connectivity index (χ0n) is 8.12. The van der Waals surface area contributed by atoms with Gasteiger partial charge in [-0.2, -0.15) is 0 Å². The van der Waals surface area contributed by atoms with Crippen LogP contribution in [0, 0.1) is 0 Å². The lowest BCUT2D eigenvalue weighted by atomic mass is 9.81. The first-order valence-corrected chi connectivity index (χ1v) is 4.95. The highest BCUT2D eigenvalue weighted by atomic mass is 16.5. The number of aromatic nitrogens is 1. The van der Waals surface area contributed by atoms with Crippen molar-refractivity contribution in [1.29, 1.82) is 0 Å². The third-order valence-corrected chi connectivity index (χ3v) is 2.85. The lowest BCUT2D eigenvalue weighted by molar-refractivity contribution is 0.0684. The SMILES string of the molecule is CCc1c(C(=O)O)noc1C1CCC1. The van der Waals surface area contributed by atoms with E-state index in [4.69, 9.17) is 9.63 Å². The van der Waals surface area contributed by atoms with Gasteiger partial charge in [0, 0.05) is 11.5 Å². The van der Waals surface area contributed by atoms with Gasteiger partial charge < -0.3 is 9.63 Å². The first-order valence-electron chi connectivity index (χ1n) is 4.95. The molecule has 0 spiro atoms. The molecule has 2 rings (SSSR count). The number of nitrogens with zero attached hydrogens (tertiary/aromatic N) is 1. The zero-order chi connectivity index (χ0) is 10.1. The lowest BCUT2D eigenvalue weighted by Crippen LogP contribution is -2.10. The maximum absolute atomic E-state index is 10.8. The Balaban J connectivity index is 2.35. The standard InChI is InChI=1S/C10H13NO3/c1-2-7-8(10(12)13)11-14-9(7)6-4-3-5-6/h6H,2-5H2,1H3,(H,12,13). The molecule has 0 aliphatic heterocycles. The van der Waals surface area contributed by atoms with Crippen LogP contribution in [0.4, 0.5) is 0 Å². The highest BCUT2D eigenvalue weighted by Crippen LogP contribution is 2.38. The Morgan fingerprint density at radius 3 is 2.79 bits per heavy atom. The van der Waals surface area contributed by atoms with Crippen LogP contribution < -0.4 is 0 Å². The van der Waals surface area contributed by atoms with Crippen molar-refractivity contribution in [2.24, 2.45) is 0 Å². The van der Waals surface area contributed by atoms with Crippen molar-refractivity contribution in [3.63, 3.8) is 0 Å². The van der Waals surface area contributed by atoms with Gasteiger partial charge in [-0.25, -0.2) is 4.79 Å². The van der Waals surface area contributed by atoms with Crippen LogP contribution in [0.25, 0.3) is 0 Å². The molecule has 1 fully saturated rings. The van der Waals surface area contributed by atoms with Crippen molar-refractivity contribution in [2.75, 3.05) is 0 Å². The average molecular weight is 195 g/mol. The van der Waals surface area contributed by atoms with Crippen LogP contribution in [0.3, 0.4) is 0 Å². The van der Waals surface area contributed by atoms with E-state index in [2.05, 4.69) is 5.16 Å². The smallest absolute Gasteiger partial charge is 0.358 e. The molecule has 76 valence electrons. The van der Waals surface area contributed by atoms with E-state index >= 15 is 0 Å². The summed E-state index contributed by atoms with van der Waals surface area (Å²) in [6.45, 7) is 1.93. The first-order chi connectivity index (χ1) is 6.74. The van der Waals surface area contributed by atoms with Crippen molar-refractivity contribution in [3.05, 3.63) is 17.0 Å². The molecule has 1 aliphatic carbocycles. The number of rotatable bonds is 3. The van der Waals surface area contributed by atoms with Crippen LogP contribution in [0.15, 0.2) is 4.52 Å². The summed E-state index contributed by atoms with van der Waals surface area (Å²) < 4.78 is 5.12. The number of carboxylic acids is 1. The molecule has 1 saturated carbocycles. The van der Waals surface area contributed by atoms with Crippen molar-refractivity contribution >= 4 is 5.97 Å². The van der Waals surface area contributed by atoms with Gasteiger partial charge in [-0.3, -0.25) is 0 Å². The summed E-state index contributed by atoms with van der Waals surface area (Å²) in [6, 6.07) is 0. The van der Waals surface area contributed by atoms with Gasteiger partial charge >= 0.3 is 5.97 Å². The van der Waals surface area contributed by atoms with E-state index in [9.17, 15) is 4.79 Å². The summed E-state index contributed by atoms with van der Waals surface area (Å²) in [5.41, 5.74) is 0.872. The fraction of sp³-hybridized carbons (Fsp3) is 0.600. The second kappa shape index (κ2) is 3.44. The average Bonchev–Trinajstić information content (AvgIpc) is 2.44. The van der Waals surface area contributed by atoms with Crippen molar-refractivity contribution < 1.29 is 14.4 Å². The minimum Gasteiger partial charge on any atom is -0.476 e. The highest BCUT2D eigenvalue weighted by Gasteiger charge is 2.29. The molecule has 1 heterocycles. The van der Waals surface area contributed by atoms with Gasteiger partial charge in [0.2, 0.25) is 0 Å². The van der Waals surface area contributed by atoms with Gasteiger partial charge in [0.15, 0.2) is 5.69 Å². The fourth-order valence-corrected chi connectivity index (χ4v) is 1.82. The summed E-state index contributed by atoms with van der Waals surface area (Å²) in [4.78, 5) is 10.8. The molecule has 0 amide bonds. The van der Waals surface area contributed by atoms with Crippen LogP contribution in [-0.4, -0.2) is 16.2 Å². The molecule has 0 saturated heterocycles. The molecule has 0 radical (unpaired) electrons. The summed E-state index contributed by atoms with van der Waals surface area (Å²) >= 11 is 0. The van der Waals surface area contributed by atoms with Crippen LogP contribution in [0.5, 0.6) is 0 Å². The number of hydrogen-bond acceptors (Lipinski definition) is 3. The van der Waals surface area contributed by atoms with Gasteiger partial charge in [-0.15, -0.1) is 0 Å². The highest BCUT2D eigenvalue weighted by molar-refractivity contribution is 5.87. The van der Waals surface area contributed by atoms with Crippen LogP contribution >= 0.6 is 0 Å². The van der Waals surface area contributed by atoms with E-state index in [0.29, 0.717) is 12.3 Å². The molecule has 1 aliphatic rings. The number of carboxylic acid groups (broad SMARTS) is 1. The van der Waals surface area contributed by atoms with Crippen LogP contribution in [0.2, 0.25) is 0 Å². The van der Waals surface area contributed by atoms with Gasteiger partial charge in [-0.1, -0.05) is 18.5 Å². The van der Waals surface area contributed by atoms with Crippen molar-refractivity contribution in [2.45, 2.75) is 38.5 Å². The topological polar surface area (TPSA) is 63.3 Å². The zero-order valence-corrected chi connectivity index (χ0v) is 8.12. The molecule has 0 unspecified atom stereocenters. The molecule has 4 nitrogen and oxygen atoms in total. The maximum atomic E-state index is 10.8. The quantitative estimate of drug-likeness (QED) is 0.803. The molecule has 1 aromatic rings. The minimum absolute atomic E-state index is 0.0920. The molecular formula is C10H13NO3. The summed E-state index contributed by atoms with van der Waals surface area (Å²) in [5, 5.41) is 12.5. The normalized spacial score (nSPS) is 16.6. The van der Waals surface area contributed by atoms with Crippen LogP contribution in [-0.2, 0) is 6.42 Å². The molecular weight excluding hydrogens is 182 g/mol. The number of hydrogen-bond donors (Lipinski definition) is 1. The predicted molar refractivity (Wildman–Crippen MR) is 49.4 cm³/mol. The predicted octanol–water partition coefficient (Wildman–Crippen LogP) is 2.20. The maximum Gasteiger partial charge on any atom is 0.358 e. The van der Waals surface area contributed by atoms with E-state index in [0.717, 1.165) is 24.2 Å². The number of carbonyl (C=O) groups is 1. The second-order valence-corrected chi connectivity index (χ2v) is 3.66. The van der Waals surface area contributed by atoms with Crippen molar-refractivity contribution in [3.8, 4) is 0 Å². The molecule has 0 atom stereocenters. The third kappa shape index (κ3) is 1.31. The molecule has 4 heteroatoms. The molecule has 1 N–H and O–H groups in total. The van der Waals surface area contributed by atoms with Gasteiger partial charge in [0.1, 0.15) is 5.76 Å². The Bertz CT molecular complexity index is 352. The summed E-state index contributed by atoms with van der Waals surface area (Å²) in [7, 11) is 0. The van der Waals surface area contributed by atoms with E-state index in [1.54, 1.807) is 0 Å².